The summed E-state index contributed by atoms with van der Waals surface area (Å²) in [6.07, 6.45) is -0.737. The van der Waals surface area contributed by atoms with Gasteiger partial charge in [-0.05, 0) is 25.1 Å². The van der Waals surface area contributed by atoms with E-state index in [1.807, 2.05) is 19.1 Å². The highest BCUT2D eigenvalue weighted by Gasteiger charge is 2.32. The second-order valence-electron chi connectivity index (χ2n) is 3.41. The number of nitrogens with one attached hydrogen (secondary N) is 1. The van der Waals surface area contributed by atoms with E-state index in [1.54, 1.807) is 6.07 Å². The molecule has 0 saturated carbocycles. The van der Waals surface area contributed by atoms with Crippen LogP contribution < -0.4 is 16.0 Å². The maximum atomic E-state index is 11.6. The Balaban J connectivity index is 2.48. The molecule has 0 spiro atoms. The fourth-order valence-corrected chi connectivity index (χ4v) is 2.12. The molecule has 3 N–H and O–H groups in total. The van der Waals surface area contributed by atoms with E-state index in [-0.39, 0.29) is 12.3 Å². The van der Waals surface area contributed by atoms with E-state index in [1.165, 1.54) is 4.90 Å². The van der Waals surface area contributed by atoms with Crippen molar-refractivity contribution in [3.8, 4) is 5.75 Å². The predicted octanol–water partition coefficient (Wildman–Crippen LogP) is 1.75. The van der Waals surface area contributed by atoms with Gasteiger partial charge in [-0.25, -0.2) is 10.2 Å². The standard InChI is InChI=1S/C10H12BrN3O2/c1-2-14-9(13-12)7-5-6(11)3-4-8(7)16-10(14)15/h3-5,9,13H,2,12H2,1H3. The fourth-order valence-electron chi connectivity index (χ4n) is 1.74. The molecule has 1 amide bonds. The number of amides is 1. The topological polar surface area (TPSA) is 67.6 Å². The fraction of sp³-hybridized carbons (Fsp3) is 0.300. The van der Waals surface area contributed by atoms with Gasteiger partial charge in [-0.3, -0.25) is 10.7 Å². The average Bonchev–Trinajstić information content (AvgIpc) is 2.28. The average molecular weight is 286 g/mol. The monoisotopic (exact) mass is 285 g/mol. The summed E-state index contributed by atoms with van der Waals surface area (Å²) >= 11 is 3.38. The Morgan fingerprint density at radius 3 is 3.00 bits per heavy atom. The molecule has 1 unspecified atom stereocenters. The number of hydrogen-bond donors (Lipinski definition) is 2. The lowest BCUT2D eigenvalue weighted by molar-refractivity contribution is 0.108. The first kappa shape index (κ1) is 11.4. The van der Waals surface area contributed by atoms with Crippen LogP contribution in [0, 0.1) is 0 Å². The molecule has 1 heterocycles. The smallest absolute Gasteiger partial charge is 0.410 e. The van der Waals surface area contributed by atoms with Crippen LogP contribution in [-0.2, 0) is 0 Å². The van der Waals surface area contributed by atoms with Crippen molar-refractivity contribution < 1.29 is 9.53 Å². The highest BCUT2D eigenvalue weighted by atomic mass is 79.9. The molecule has 0 saturated heterocycles. The van der Waals surface area contributed by atoms with Crippen LogP contribution in [0.15, 0.2) is 22.7 Å². The predicted molar refractivity (Wildman–Crippen MR) is 62.6 cm³/mol. The Morgan fingerprint density at radius 2 is 2.38 bits per heavy atom. The van der Waals surface area contributed by atoms with Crippen LogP contribution in [0.2, 0.25) is 0 Å². The number of ether oxygens (including phenoxy) is 1. The van der Waals surface area contributed by atoms with Crippen LogP contribution in [0.3, 0.4) is 0 Å². The Kier molecular flexibility index (Phi) is 3.13. The number of nitrogens with zero attached hydrogens (tertiary/aromatic N) is 1. The number of hydrazine groups is 1. The summed E-state index contributed by atoms with van der Waals surface area (Å²) in [4.78, 5) is 13.2. The van der Waals surface area contributed by atoms with E-state index in [9.17, 15) is 4.79 Å². The zero-order valence-electron chi connectivity index (χ0n) is 8.74. The highest BCUT2D eigenvalue weighted by Crippen LogP contribution is 2.34. The van der Waals surface area contributed by atoms with E-state index in [2.05, 4.69) is 21.4 Å². The minimum atomic E-state index is -0.389. The lowest BCUT2D eigenvalue weighted by atomic mass is 10.1. The van der Waals surface area contributed by atoms with Crippen molar-refractivity contribution in [2.24, 2.45) is 5.84 Å². The van der Waals surface area contributed by atoms with Crippen molar-refractivity contribution in [2.75, 3.05) is 6.54 Å². The van der Waals surface area contributed by atoms with Gasteiger partial charge >= 0.3 is 6.09 Å². The molecule has 1 aromatic rings. The van der Waals surface area contributed by atoms with E-state index in [0.29, 0.717) is 12.3 Å². The Morgan fingerprint density at radius 1 is 1.62 bits per heavy atom. The van der Waals surface area contributed by atoms with Crippen molar-refractivity contribution in [3.63, 3.8) is 0 Å². The van der Waals surface area contributed by atoms with Gasteiger partial charge in [0.2, 0.25) is 0 Å². The summed E-state index contributed by atoms with van der Waals surface area (Å²) in [5.41, 5.74) is 3.47. The van der Waals surface area contributed by atoms with Crippen LogP contribution in [-0.4, -0.2) is 17.5 Å². The first-order chi connectivity index (χ1) is 7.67. The summed E-state index contributed by atoms with van der Waals surface area (Å²) in [6.45, 7) is 2.40. The molecule has 2 rings (SSSR count). The lowest BCUT2D eigenvalue weighted by Gasteiger charge is -2.34. The van der Waals surface area contributed by atoms with E-state index in [0.717, 1.165) is 10.0 Å². The second-order valence-corrected chi connectivity index (χ2v) is 4.32. The Bertz CT molecular complexity index is 425. The van der Waals surface area contributed by atoms with E-state index < -0.39 is 0 Å². The van der Waals surface area contributed by atoms with E-state index >= 15 is 0 Å². The minimum absolute atomic E-state index is 0.348. The molecule has 1 aliphatic rings. The molecule has 0 aromatic heterocycles. The number of halogens is 1. The van der Waals surface area contributed by atoms with E-state index in [4.69, 9.17) is 10.6 Å². The van der Waals surface area contributed by atoms with Crippen LogP contribution >= 0.6 is 15.9 Å². The third-order valence-electron chi connectivity index (χ3n) is 2.51. The molecule has 6 heteroatoms. The first-order valence-corrected chi connectivity index (χ1v) is 5.70. The molecule has 1 aliphatic heterocycles. The van der Waals surface area contributed by atoms with Crippen LogP contribution in [0.1, 0.15) is 18.7 Å². The van der Waals surface area contributed by atoms with Crippen molar-refractivity contribution in [1.82, 2.24) is 10.3 Å². The number of hydrogen-bond acceptors (Lipinski definition) is 4. The van der Waals surface area contributed by atoms with Gasteiger partial charge in [0, 0.05) is 16.6 Å². The number of nitrogens with two attached hydrogens (primary N) is 1. The Labute approximate surface area is 102 Å². The quantitative estimate of drug-likeness (QED) is 0.642. The largest absolute Gasteiger partial charge is 0.416 e. The summed E-state index contributed by atoms with van der Waals surface area (Å²) in [7, 11) is 0. The minimum Gasteiger partial charge on any atom is -0.410 e. The molecule has 0 aliphatic carbocycles. The van der Waals surface area contributed by atoms with Gasteiger partial charge in [0.25, 0.3) is 0 Å². The number of carbonyl (C=O) groups excluding carboxylic acids is 1. The van der Waals surface area contributed by atoms with Gasteiger partial charge in [-0.15, -0.1) is 0 Å². The van der Waals surface area contributed by atoms with Gasteiger partial charge in [0.1, 0.15) is 11.9 Å². The van der Waals surface area contributed by atoms with Crippen LogP contribution in [0.5, 0.6) is 5.75 Å². The van der Waals surface area contributed by atoms with Crippen LogP contribution in [0.25, 0.3) is 0 Å². The molecule has 5 nitrogen and oxygen atoms in total. The van der Waals surface area contributed by atoms with Crippen molar-refractivity contribution in [3.05, 3.63) is 28.2 Å². The van der Waals surface area contributed by atoms with Gasteiger partial charge < -0.3 is 4.74 Å². The maximum absolute atomic E-state index is 11.6. The Hall–Kier alpha value is -1.11. The normalized spacial score (nSPS) is 19.3. The molecule has 0 bridgehead atoms. The third kappa shape index (κ3) is 1.79. The number of rotatable bonds is 2. The third-order valence-corrected chi connectivity index (χ3v) is 3.00. The van der Waals surface area contributed by atoms with Gasteiger partial charge in [-0.2, -0.15) is 0 Å². The zero-order valence-corrected chi connectivity index (χ0v) is 10.3. The highest BCUT2D eigenvalue weighted by molar-refractivity contribution is 9.10. The number of fused-ring (bicyclic) bond motifs is 1. The number of carbonyl (C=O) groups is 1. The van der Waals surface area contributed by atoms with Gasteiger partial charge in [-0.1, -0.05) is 15.9 Å². The zero-order chi connectivity index (χ0) is 11.7. The summed E-state index contributed by atoms with van der Waals surface area (Å²) < 4.78 is 6.11. The molecule has 16 heavy (non-hydrogen) atoms. The second kappa shape index (κ2) is 4.40. The summed E-state index contributed by atoms with van der Waals surface area (Å²) in [5.74, 6) is 6.02. The molecule has 1 aromatic carbocycles. The molecule has 1 atom stereocenters. The summed E-state index contributed by atoms with van der Waals surface area (Å²) in [6, 6.07) is 5.45. The maximum Gasteiger partial charge on any atom is 0.416 e. The molecular weight excluding hydrogens is 274 g/mol. The van der Waals surface area contributed by atoms with Crippen molar-refractivity contribution in [2.45, 2.75) is 13.1 Å². The van der Waals surface area contributed by atoms with Crippen LogP contribution in [0.4, 0.5) is 4.79 Å². The molecular formula is C10H12BrN3O2. The van der Waals surface area contributed by atoms with Crippen molar-refractivity contribution >= 4 is 22.0 Å². The van der Waals surface area contributed by atoms with Gasteiger partial charge in [0.15, 0.2) is 0 Å². The van der Waals surface area contributed by atoms with Crippen molar-refractivity contribution in [1.29, 1.82) is 0 Å². The number of benzene rings is 1. The summed E-state index contributed by atoms with van der Waals surface area (Å²) in [5, 5.41) is 0. The first-order valence-electron chi connectivity index (χ1n) is 4.91. The lowest BCUT2D eigenvalue weighted by Crippen LogP contribution is -2.48. The van der Waals surface area contributed by atoms with Gasteiger partial charge in [0.05, 0.1) is 0 Å². The molecule has 86 valence electrons. The SMILES string of the molecule is CCN1C(=O)Oc2ccc(Br)cc2C1NN. The molecule has 0 fully saturated rings. The molecule has 0 radical (unpaired) electrons.